The van der Waals surface area contributed by atoms with Crippen LogP contribution < -0.4 is 28.6 Å². The molecule has 5 rings (SSSR count). The van der Waals surface area contributed by atoms with Gasteiger partial charge in [0.2, 0.25) is 5.75 Å². The first kappa shape index (κ1) is 29.7. The Kier molecular flexibility index (Phi) is 8.72. The van der Waals surface area contributed by atoms with Crippen molar-refractivity contribution < 1.29 is 38.4 Å². The first-order chi connectivity index (χ1) is 20.8. The molecular weight excluding hydrogens is 572 g/mol. The van der Waals surface area contributed by atoms with E-state index >= 15 is 0 Å². The fourth-order valence-corrected chi connectivity index (χ4v) is 5.97. The van der Waals surface area contributed by atoms with Crippen LogP contribution in [0.3, 0.4) is 0 Å². The van der Waals surface area contributed by atoms with Crippen molar-refractivity contribution in [2.75, 3.05) is 39.9 Å². The third-order valence-electron chi connectivity index (χ3n) is 7.11. The van der Waals surface area contributed by atoms with Crippen molar-refractivity contribution in [1.82, 2.24) is 4.98 Å². The second kappa shape index (κ2) is 12.6. The quantitative estimate of drug-likeness (QED) is 0.0933. The van der Waals surface area contributed by atoms with Gasteiger partial charge in [-0.25, -0.2) is 4.98 Å². The number of unbranched alkanes of at least 4 members (excludes halogenated alkanes) is 1. The van der Waals surface area contributed by atoms with Gasteiger partial charge in [0.25, 0.3) is 5.78 Å². The van der Waals surface area contributed by atoms with Gasteiger partial charge in [-0.05, 0) is 54.4 Å². The highest BCUT2D eigenvalue weighted by Gasteiger charge is 2.48. The molecule has 224 valence electrons. The molecule has 0 radical (unpaired) electrons. The van der Waals surface area contributed by atoms with Crippen molar-refractivity contribution >= 4 is 44.1 Å². The molecule has 2 heterocycles. The van der Waals surface area contributed by atoms with E-state index < -0.39 is 17.7 Å². The van der Waals surface area contributed by atoms with Gasteiger partial charge in [-0.2, -0.15) is 0 Å². The Morgan fingerprint density at radius 1 is 0.930 bits per heavy atom. The van der Waals surface area contributed by atoms with Gasteiger partial charge >= 0.3 is 5.91 Å². The molecule has 1 N–H and O–H groups in total. The number of carbonyl (C=O) groups is 2. The number of thiazole rings is 1. The van der Waals surface area contributed by atoms with Gasteiger partial charge in [0.15, 0.2) is 16.6 Å². The number of aromatic nitrogens is 1. The van der Waals surface area contributed by atoms with Gasteiger partial charge in [0.05, 0.1) is 56.9 Å². The third kappa shape index (κ3) is 5.55. The average molecular weight is 605 g/mol. The summed E-state index contributed by atoms with van der Waals surface area (Å²) in [6.07, 6.45) is 1.84. The smallest absolute Gasteiger partial charge is 0.301 e. The zero-order valence-electron chi connectivity index (χ0n) is 24.5. The summed E-state index contributed by atoms with van der Waals surface area (Å²) in [5.41, 5.74) is 1.30. The molecule has 1 aromatic heterocycles. The number of aliphatic hydroxyl groups excluding tert-OH is 1. The standard InChI is InChI=1S/C32H32N2O8S/c1-6-7-13-42-21-10-8-9-18(14-21)28(35)26-27(19-15-23(39-3)30(41-5)24(16-19)40-4)34(31(37)29(26)36)32-33-22-12-11-20(38-2)17-25(22)43-32/h8-12,14-17,27,35H,6-7,13H2,1-5H3/b28-26+. The van der Waals surface area contributed by atoms with Crippen molar-refractivity contribution in [2.45, 2.75) is 25.8 Å². The minimum absolute atomic E-state index is 0.109. The molecule has 1 amide bonds. The van der Waals surface area contributed by atoms with Gasteiger partial charge in [-0.1, -0.05) is 36.8 Å². The molecule has 1 aliphatic heterocycles. The molecule has 10 nitrogen and oxygen atoms in total. The van der Waals surface area contributed by atoms with Crippen LogP contribution in [0.25, 0.3) is 16.0 Å². The van der Waals surface area contributed by atoms with E-state index in [4.69, 9.17) is 23.7 Å². The summed E-state index contributed by atoms with van der Waals surface area (Å²) in [7, 11) is 6.00. The van der Waals surface area contributed by atoms with Crippen molar-refractivity contribution in [3.63, 3.8) is 0 Å². The van der Waals surface area contributed by atoms with Gasteiger partial charge in [0, 0.05) is 5.56 Å². The number of nitrogens with zero attached hydrogens (tertiary/aromatic N) is 2. The number of amides is 1. The second-order valence-electron chi connectivity index (χ2n) is 9.69. The van der Waals surface area contributed by atoms with Crippen LogP contribution in [-0.4, -0.2) is 56.8 Å². The first-order valence-corrected chi connectivity index (χ1v) is 14.5. The molecule has 0 bridgehead atoms. The van der Waals surface area contributed by atoms with E-state index in [2.05, 4.69) is 11.9 Å². The minimum atomic E-state index is -1.07. The number of hydrogen-bond donors (Lipinski definition) is 1. The van der Waals surface area contributed by atoms with Crippen LogP contribution >= 0.6 is 11.3 Å². The van der Waals surface area contributed by atoms with Gasteiger partial charge in [0.1, 0.15) is 17.3 Å². The van der Waals surface area contributed by atoms with E-state index in [-0.39, 0.29) is 16.5 Å². The monoisotopic (exact) mass is 604 g/mol. The maximum Gasteiger partial charge on any atom is 0.301 e. The summed E-state index contributed by atoms with van der Waals surface area (Å²) >= 11 is 1.23. The van der Waals surface area contributed by atoms with Crippen molar-refractivity contribution in [2.24, 2.45) is 0 Å². The highest BCUT2D eigenvalue weighted by Crippen LogP contribution is 2.48. The third-order valence-corrected chi connectivity index (χ3v) is 8.13. The first-order valence-electron chi connectivity index (χ1n) is 13.6. The van der Waals surface area contributed by atoms with Gasteiger partial charge in [-0.3, -0.25) is 14.5 Å². The lowest BCUT2D eigenvalue weighted by Gasteiger charge is -2.24. The lowest BCUT2D eigenvalue weighted by Crippen LogP contribution is -2.29. The van der Waals surface area contributed by atoms with Crippen molar-refractivity contribution in [3.8, 4) is 28.7 Å². The predicted molar refractivity (Wildman–Crippen MR) is 164 cm³/mol. The predicted octanol–water partition coefficient (Wildman–Crippen LogP) is 6.14. The highest BCUT2D eigenvalue weighted by atomic mass is 32.1. The molecule has 1 saturated heterocycles. The van der Waals surface area contributed by atoms with Crippen LogP contribution in [0.4, 0.5) is 5.13 Å². The molecule has 43 heavy (non-hydrogen) atoms. The molecule has 1 aliphatic rings. The van der Waals surface area contributed by atoms with E-state index in [1.165, 1.54) is 37.6 Å². The number of rotatable bonds is 11. The molecule has 4 aromatic rings. The number of ether oxygens (including phenoxy) is 5. The Morgan fingerprint density at radius 2 is 1.67 bits per heavy atom. The van der Waals surface area contributed by atoms with Crippen LogP contribution in [0.2, 0.25) is 0 Å². The molecule has 0 aliphatic carbocycles. The van der Waals surface area contributed by atoms with Crippen LogP contribution in [0.1, 0.15) is 36.9 Å². The molecule has 0 saturated carbocycles. The van der Waals surface area contributed by atoms with E-state index in [9.17, 15) is 14.7 Å². The Bertz CT molecular complexity index is 1690. The maximum atomic E-state index is 13.8. The van der Waals surface area contributed by atoms with Gasteiger partial charge in [-0.15, -0.1) is 0 Å². The topological polar surface area (TPSA) is 117 Å². The largest absolute Gasteiger partial charge is 0.507 e. The van der Waals surface area contributed by atoms with E-state index in [1.54, 1.807) is 55.6 Å². The number of aliphatic hydroxyl groups is 1. The molecular formula is C32H32N2O8S. The van der Waals surface area contributed by atoms with Crippen LogP contribution in [0.5, 0.6) is 28.7 Å². The zero-order valence-corrected chi connectivity index (χ0v) is 25.3. The summed E-state index contributed by atoms with van der Waals surface area (Å²) in [5, 5.41) is 11.9. The number of anilines is 1. The number of hydrogen-bond acceptors (Lipinski definition) is 10. The molecule has 1 fully saturated rings. The summed E-state index contributed by atoms with van der Waals surface area (Å²) in [6.45, 7) is 2.58. The summed E-state index contributed by atoms with van der Waals surface area (Å²) in [5.74, 6) is 0.124. The normalized spacial score (nSPS) is 16.0. The summed E-state index contributed by atoms with van der Waals surface area (Å²) in [6, 6.07) is 14.4. The summed E-state index contributed by atoms with van der Waals surface area (Å²) in [4.78, 5) is 33.5. The van der Waals surface area contributed by atoms with Crippen LogP contribution in [-0.2, 0) is 9.59 Å². The molecule has 1 atom stereocenters. The number of ketones is 1. The highest BCUT2D eigenvalue weighted by molar-refractivity contribution is 7.22. The van der Waals surface area contributed by atoms with E-state index in [0.717, 1.165) is 17.5 Å². The Morgan fingerprint density at radius 3 is 2.33 bits per heavy atom. The lowest BCUT2D eigenvalue weighted by atomic mass is 9.94. The maximum absolute atomic E-state index is 13.8. The Labute approximate surface area is 253 Å². The fraction of sp³-hybridized carbons (Fsp3) is 0.281. The SMILES string of the molecule is CCCCOc1cccc(/C(O)=C2\C(=O)C(=O)N(c3nc4ccc(OC)cc4s3)C2c2cc(OC)c(OC)c(OC)c2)c1. The summed E-state index contributed by atoms with van der Waals surface area (Å²) < 4.78 is 28.6. The molecule has 0 spiro atoms. The minimum Gasteiger partial charge on any atom is -0.507 e. The molecule has 11 heteroatoms. The fourth-order valence-electron chi connectivity index (χ4n) is 4.95. The second-order valence-corrected chi connectivity index (χ2v) is 10.7. The molecule has 1 unspecified atom stereocenters. The number of Topliss-reactive ketones (excluding diaryl/α,β-unsaturated/α-hetero) is 1. The Balaban J connectivity index is 1.72. The zero-order chi connectivity index (χ0) is 30.7. The number of carbonyl (C=O) groups excluding carboxylic acids is 2. The number of methoxy groups -OCH3 is 4. The average Bonchev–Trinajstić information content (AvgIpc) is 3.57. The van der Waals surface area contributed by atoms with E-state index in [0.29, 0.717) is 52.0 Å². The van der Waals surface area contributed by atoms with E-state index in [1.807, 2.05) is 6.07 Å². The van der Waals surface area contributed by atoms with Crippen molar-refractivity contribution in [1.29, 1.82) is 0 Å². The number of fused-ring (bicyclic) bond motifs is 1. The van der Waals surface area contributed by atoms with Gasteiger partial charge < -0.3 is 28.8 Å². The Hall–Kier alpha value is -4.77. The van der Waals surface area contributed by atoms with Crippen molar-refractivity contribution in [3.05, 3.63) is 71.3 Å². The lowest BCUT2D eigenvalue weighted by molar-refractivity contribution is -0.132. The molecule has 3 aromatic carbocycles. The van der Waals surface area contributed by atoms with Crippen LogP contribution in [0, 0.1) is 0 Å². The number of benzene rings is 3. The van der Waals surface area contributed by atoms with Crippen LogP contribution in [0.15, 0.2) is 60.2 Å².